The Morgan fingerprint density at radius 1 is 1.00 bits per heavy atom. The predicted octanol–water partition coefficient (Wildman–Crippen LogP) is 5.54. The van der Waals surface area contributed by atoms with Crippen molar-refractivity contribution in [2.75, 3.05) is 6.54 Å². The van der Waals surface area contributed by atoms with E-state index >= 15 is 0 Å². The van der Waals surface area contributed by atoms with E-state index in [-0.39, 0.29) is 42.4 Å². The van der Waals surface area contributed by atoms with Crippen LogP contribution in [-0.2, 0) is 16.1 Å². The Morgan fingerprint density at radius 3 is 2.29 bits per heavy atom. The number of hydrogen-bond acceptors (Lipinski definition) is 3. The molecule has 4 rings (SSSR count). The van der Waals surface area contributed by atoms with Gasteiger partial charge in [0.25, 0.3) is 0 Å². The largest absolute Gasteiger partial charge is 0.336 e. The van der Waals surface area contributed by atoms with Crippen molar-refractivity contribution in [1.82, 2.24) is 19.4 Å². The quantitative estimate of drug-likeness (QED) is 0.409. The minimum atomic E-state index is -0.0468. The third-order valence-electron chi connectivity index (χ3n) is 7.67. The number of para-hydroxylation sites is 2. The number of fused-ring (bicyclic) bond motifs is 1. The van der Waals surface area contributed by atoms with E-state index in [0.29, 0.717) is 13.0 Å². The number of nitrogens with zero attached hydrogens (tertiary/aromatic N) is 4. The zero-order chi connectivity index (χ0) is 25.1. The van der Waals surface area contributed by atoms with Gasteiger partial charge >= 0.3 is 0 Å². The van der Waals surface area contributed by atoms with Crippen molar-refractivity contribution in [1.29, 1.82) is 0 Å². The van der Waals surface area contributed by atoms with E-state index < -0.39 is 0 Å². The number of carbonyl (C=O) groups is 2. The summed E-state index contributed by atoms with van der Waals surface area (Å²) in [6.07, 6.45) is 2.24. The number of aromatic nitrogens is 2. The highest BCUT2D eigenvalue weighted by atomic mass is 16.2. The van der Waals surface area contributed by atoms with E-state index in [4.69, 9.17) is 4.98 Å². The molecule has 6 heteroatoms. The molecule has 4 atom stereocenters. The molecule has 1 aliphatic rings. The average Bonchev–Trinajstić information content (AvgIpc) is 3.44. The van der Waals surface area contributed by atoms with Gasteiger partial charge in [0.2, 0.25) is 11.8 Å². The minimum absolute atomic E-state index is 0.000501. The highest BCUT2D eigenvalue weighted by Crippen LogP contribution is 2.35. The van der Waals surface area contributed by atoms with Crippen molar-refractivity contribution < 1.29 is 9.59 Å². The van der Waals surface area contributed by atoms with Crippen molar-refractivity contribution in [2.24, 2.45) is 0 Å². The van der Waals surface area contributed by atoms with Crippen LogP contribution in [0.2, 0.25) is 0 Å². The molecule has 0 saturated carbocycles. The smallest absolute Gasteiger partial charge is 0.243 e. The molecule has 4 unspecified atom stereocenters. The number of benzene rings is 2. The van der Waals surface area contributed by atoms with Gasteiger partial charge in [-0.3, -0.25) is 9.59 Å². The van der Waals surface area contributed by atoms with Gasteiger partial charge in [-0.05, 0) is 51.3 Å². The molecule has 0 N–H and O–H groups in total. The van der Waals surface area contributed by atoms with Gasteiger partial charge in [-0.15, -0.1) is 0 Å². The van der Waals surface area contributed by atoms with Crippen molar-refractivity contribution in [3.63, 3.8) is 0 Å². The summed E-state index contributed by atoms with van der Waals surface area (Å²) in [6.45, 7) is 11.4. The summed E-state index contributed by atoms with van der Waals surface area (Å²) in [5.41, 5.74) is 2.95. The summed E-state index contributed by atoms with van der Waals surface area (Å²) in [7, 11) is 0. The maximum atomic E-state index is 13.6. The van der Waals surface area contributed by atoms with Crippen LogP contribution >= 0.6 is 0 Å². The first-order valence-electron chi connectivity index (χ1n) is 13.0. The molecule has 1 aliphatic heterocycles. The fraction of sp³-hybridized carbons (Fsp3) is 0.483. The Labute approximate surface area is 208 Å². The third-order valence-corrected chi connectivity index (χ3v) is 7.67. The molecule has 3 aromatic rings. The van der Waals surface area contributed by atoms with Crippen molar-refractivity contribution in [3.05, 3.63) is 66.0 Å². The molecule has 1 aromatic heterocycles. The van der Waals surface area contributed by atoms with Crippen LogP contribution < -0.4 is 0 Å². The maximum Gasteiger partial charge on any atom is 0.243 e. The molecule has 35 heavy (non-hydrogen) atoms. The standard InChI is InChI=1S/C29H38N4O2/c1-6-20(3)33(21(4)7-2)28(35)19-32-26-16-12-11-15-25(26)30-29(32)24-17-27(34)31(18-24)22(5)23-13-9-8-10-14-23/h8-16,20-22,24H,6-7,17-19H2,1-5H3. The molecule has 0 aliphatic carbocycles. The monoisotopic (exact) mass is 474 g/mol. The normalized spacial score (nSPS) is 18.6. The molecule has 2 heterocycles. The van der Waals surface area contributed by atoms with Crippen LogP contribution in [0, 0.1) is 0 Å². The van der Waals surface area contributed by atoms with E-state index in [1.165, 1.54) is 0 Å². The number of imidazole rings is 1. The van der Waals surface area contributed by atoms with Gasteiger partial charge in [-0.25, -0.2) is 4.98 Å². The molecule has 0 spiro atoms. The zero-order valence-corrected chi connectivity index (χ0v) is 21.6. The Balaban J connectivity index is 1.65. The summed E-state index contributed by atoms with van der Waals surface area (Å²) in [4.78, 5) is 35.7. The lowest BCUT2D eigenvalue weighted by Gasteiger charge is -2.34. The van der Waals surface area contributed by atoms with E-state index in [1.807, 2.05) is 52.3 Å². The lowest BCUT2D eigenvalue weighted by Crippen LogP contribution is -2.46. The van der Waals surface area contributed by atoms with Gasteiger partial charge in [0.1, 0.15) is 12.4 Å². The van der Waals surface area contributed by atoms with Crippen LogP contribution in [0.4, 0.5) is 0 Å². The van der Waals surface area contributed by atoms with Crippen molar-refractivity contribution >= 4 is 22.8 Å². The summed E-state index contributed by atoms with van der Waals surface area (Å²) in [5.74, 6) is 1.03. The first-order chi connectivity index (χ1) is 16.8. The Bertz CT molecular complexity index is 1160. The summed E-state index contributed by atoms with van der Waals surface area (Å²) in [6, 6.07) is 18.5. The minimum Gasteiger partial charge on any atom is -0.336 e. The van der Waals surface area contributed by atoms with Crippen LogP contribution in [-0.4, -0.2) is 49.8 Å². The van der Waals surface area contributed by atoms with Gasteiger partial charge in [0.05, 0.1) is 17.1 Å². The number of likely N-dealkylation sites (tertiary alicyclic amines) is 1. The van der Waals surface area contributed by atoms with Crippen molar-refractivity contribution in [3.8, 4) is 0 Å². The Hall–Kier alpha value is -3.15. The molecule has 1 saturated heterocycles. The molecule has 2 amide bonds. The highest BCUT2D eigenvalue weighted by Gasteiger charge is 2.37. The molecule has 2 aromatic carbocycles. The molecular formula is C29H38N4O2. The van der Waals surface area contributed by atoms with Crippen LogP contribution in [0.25, 0.3) is 11.0 Å². The first-order valence-corrected chi connectivity index (χ1v) is 13.0. The molecule has 1 fully saturated rings. The lowest BCUT2D eigenvalue weighted by atomic mass is 10.1. The van der Waals surface area contributed by atoms with Gasteiger partial charge in [0, 0.05) is 31.0 Å². The second-order valence-corrected chi connectivity index (χ2v) is 9.89. The number of rotatable bonds is 9. The zero-order valence-electron chi connectivity index (χ0n) is 21.6. The fourth-order valence-electron chi connectivity index (χ4n) is 5.30. The topological polar surface area (TPSA) is 58.4 Å². The van der Waals surface area contributed by atoms with Gasteiger partial charge in [0.15, 0.2) is 0 Å². The second-order valence-electron chi connectivity index (χ2n) is 9.89. The number of hydrogen-bond donors (Lipinski definition) is 0. The van der Waals surface area contributed by atoms with Gasteiger partial charge in [-0.2, -0.15) is 0 Å². The van der Waals surface area contributed by atoms with Crippen molar-refractivity contribution in [2.45, 2.75) is 84.5 Å². The Kier molecular flexibility index (Phi) is 7.58. The molecule has 186 valence electrons. The van der Waals surface area contributed by atoms with E-state index in [9.17, 15) is 9.59 Å². The van der Waals surface area contributed by atoms with E-state index in [2.05, 4.69) is 51.3 Å². The molecular weight excluding hydrogens is 436 g/mol. The van der Waals surface area contributed by atoms with Crippen LogP contribution in [0.5, 0.6) is 0 Å². The molecule has 0 bridgehead atoms. The lowest BCUT2D eigenvalue weighted by molar-refractivity contribution is -0.136. The molecule has 6 nitrogen and oxygen atoms in total. The van der Waals surface area contributed by atoms with Gasteiger partial charge < -0.3 is 14.4 Å². The predicted molar refractivity (Wildman–Crippen MR) is 140 cm³/mol. The fourth-order valence-corrected chi connectivity index (χ4v) is 5.30. The van der Waals surface area contributed by atoms with E-state index in [1.54, 1.807) is 0 Å². The van der Waals surface area contributed by atoms with E-state index in [0.717, 1.165) is 35.3 Å². The maximum absolute atomic E-state index is 13.6. The summed E-state index contributed by atoms with van der Waals surface area (Å²) in [5, 5.41) is 0. The second kappa shape index (κ2) is 10.6. The van der Waals surface area contributed by atoms with Crippen LogP contribution in [0.3, 0.4) is 0 Å². The van der Waals surface area contributed by atoms with Crippen LogP contribution in [0.1, 0.15) is 77.2 Å². The highest BCUT2D eigenvalue weighted by molar-refractivity contribution is 5.83. The third kappa shape index (κ3) is 4.97. The number of carbonyl (C=O) groups excluding carboxylic acids is 2. The average molecular weight is 475 g/mol. The Morgan fingerprint density at radius 2 is 1.63 bits per heavy atom. The van der Waals surface area contributed by atoms with Crippen LogP contribution in [0.15, 0.2) is 54.6 Å². The number of amides is 2. The first kappa shape index (κ1) is 25.0. The van der Waals surface area contributed by atoms with Gasteiger partial charge in [-0.1, -0.05) is 56.3 Å². The molecule has 0 radical (unpaired) electrons. The SMILES string of the molecule is CCC(C)N(C(=O)Cn1c(C2CC(=O)N(C(C)c3ccccc3)C2)nc2ccccc21)C(C)CC. The summed E-state index contributed by atoms with van der Waals surface area (Å²) < 4.78 is 2.06. The summed E-state index contributed by atoms with van der Waals surface area (Å²) >= 11 is 0.